The highest BCUT2D eigenvalue weighted by Gasteiger charge is 2.14. The molecule has 0 spiro atoms. The number of nitrogens with zero attached hydrogens (tertiary/aromatic N) is 5. The van der Waals surface area contributed by atoms with Crippen molar-refractivity contribution in [3.05, 3.63) is 84.6 Å². The van der Waals surface area contributed by atoms with Gasteiger partial charge in [0.2, 0.25) is 11.8 Å². The summed E-state index contributed by atoms with van der Waals surface area (Å²) in [5.41, 5.74) is 3.18. The molecule has 0 bridgehead atoms. The van der Waals surface area contributed by atoms with E-state index in [4.69, 9.17) is 9.47 Å². The van der Waals surface area contributed by atoms with Crippen LogP contribution < -0.4 is 10.2 Å². The fourth-order valence-electron chi connectivity index (χ4n) is 3.97. The van der Waals surface area contributed by atoms with E-state index in [0.717, 1.165) is 47.5 Å². The Hall–Kier alpha value is -3.89. The smallest absolute Gasteiger partial charge is 0.374 e. The van der Waals surface area contributed by atoms with Gasteiger partial charge in [0.1, 0.15) is 5.03 Å². The number of hydrogen-bond acceptors (Lipinski definition) is 9. The Labute approximate surface area is 219 Å². The Morgan fingerprint density at radius 3 is 2.57 bits per heavy atom. The third kappa shape index (κ3) is 6.46. The van der Waals surface area contributed by atoms with Crippen LogP contribution in [0, 0.1) is 0 Å². The first kappa shape index (κ1) is 24.8. The maximum Gasteiger partial charge on any atom is 0.374 e. The van der Waals surface area contributed by atoms with E-state index < -0.39 is 5.97 Å². The third-order valence-electron chi connectivity index (χ3n) is 5.80. The van der Waals surface area contributed by atoms with Gasteiger partial charge in [0.15, 0.2) is 0 Å². The van der Waals surface area contributed by atoms with E-state index in [1.807, 2.05) is 42.5 Å². The van der Waals surface area contributed by atoms with Crippen LogP contribution in [0.4, 0.5) is 17.3 Å². The maximum absolute atomic E-state index is 12.1. The molecule has 1 aliphatic rings. The highest BCUT2D eigenvalue weighted by molar-refractivity contribution is 7.99. The second-order valence-electron chi connectivity index (χ2n) is 8.34. The molecule has 0 saturated carbocycles. The highest BCUT2D eigenvalue weighted by atomic mass is 32.2. The lowest BCUT2D eigenvalue weighted by Crippen LogP contribution is -2.36. The second-order valence-corrected chi connectivity index (χ2v) is 9.43. The maximum atomic E-state index is 12.1. The average Bonchev–Trinajstić information content (AvgIpc) is 3.39. The molecule has 190 valence electrons. The van der Waals surface area contributed by atoms with Crippen molar-refractivity contribution in [1.82, 2.24) is 19.5 Å². The van der Waals surface area contributed by atoms with Crippen LogP contribution in [-0.4, -0.2) is 58.4 Å². The summed E-state index contributed by atoms with van der Waals surface area (Å²) >= 11 is 1.56. The van der Waals surface area contributed by atoms with Crippen LogP contribution in [0.2, 0.25) is 0 Å². The van der Waals surface area contributed by atoms with Gasteiger partial charge in [0, 0.05) is 54.5 Å². The molecule has 10 heteroatoms. The van der Waals surface area contributed by atoms with Gasteiger partial charge >= 0.3 is 5.97 Å². The Bertz CT molecular complexity index is 1320. The number of carbonyl (C=O) groups is 1. The number of carbonyl (C=O) groups excluding carboxylic acids is 1. The zero-order valence-electron chi connectivity index (χ0n) is 20.5. The van der Waals surface area contributed by atoms with Gasteiger partial charge in [-0.1, -0.05) is 23.9 Å². The fourth-order valence-corrected chi connectivity index (χ4v) is 4.74. The van der Waals surface area contributed by atoms with Crippen LogP contribution in [0.15, 0.2) is 83.1 Å². The number of imidazole rings is 1. The SMILES string of the molecule is CCOC(=O)c1nccn1Cc1ccc(Sc2ccnc(Nc3ccc(N4CCOCC4)cc3)n2)cc1. The standard InChI is InChI=1S/C27H28N6O3S/c1-2-36-26(34)25-28-13-14-33(25)19-20-3-9-23(10-4-20)37-24-11-12-29-27(31-24)30-21-5-7-22(8-6-21)32-15-17-35-18-16-32/h3-14H,2,15-19H2,1H3,(H,29,30,31). The largest absolute Gasteiger partial charge is 0.460 e. The predicted octanol–water partition coefficient (Wildman–Crippen LogP) is 4.63. The highest BCUT2D eigenvalue weighted by Crippen LogP contribution is 2.28. The second kappa shape index (κ2) is 11.9. The Morgan fingerprint density at radius 2 is 1.81 bits per heavy atom. The van der Waals surface area contributed by atoms with Crippen molar-refractivity contribution in [2.45, 2.75) is 23.4 Å². The Morgan fingerprint density at radius 1 is 1.03 bits per heavy atom. The number of nitrogens with one attached hydrogen (secondary N) is 1. The van der Waals surface area contributed by atoms with Crippen LogP contribution in [0.25, 0.3) is 0 Å². The fraction of sp³-hybridized carbons (Fsp3) is 0.259. The molecule has 5 rings (SSSR count). The topological polar surface area (TPSA) is 94.4 Å². The van der Waals surface area contributed by atoms with Crippen molar-refractivity contribution in [3.63, 3.8) is 0 Å². The number of ether oxygens (including phenoxy) is 2. The van der Waals surface area contributed by atoms with Gasteiger partial charge in [-0.2, -0.15) is 0 Å². The number of aromatic nitrogens is 4. The predicted molar refractivity (Wildman–Crippen MR) is 143 cm³/mol. The van der Waals surface area contributed by atoms with Crippen LogP contribution in [0.5, 0.6) is 0 Å². The average molecular weight is 517 g/mol. The first-order chi connectivity index (χ1) is 18.2. The first-order valence-electron chi connectivity index (χ1n) is 12.2. The first-order valence-corrected chi connectivity index (χ1v) is 13.0. The monoisotopic (exact) mass is 516 g/mol. The molecule has 0 aliphatic carbocycles. The summed E-state index contributed by atoms with van der Waals surface area (Å²) in [4.78, 5) is 28.6. The summed E-state index contributed by atoms with van der Waals surface area (Å²) in [5.74, 6) is 0.435. The molecule has 0 amide bonds. The van der Waals surface area contributed by atoms with Gasteiger partial charge in [-0.05, 0) is 55.0 Å². The molecule has 0 radical (unpaired) electrons. The van der Waals surface area contributed by atoms with Crippen molar-refractivity contribution in [3.8, 4) is 0 Å². The molecular weight excluding hydrogens is 488 g/mol. The Balaban J connectivity index is 1.19. The minimum absolute atomic E-state index is 0.303. The number of anilines is 3. The van der Waals surface area contributed by atoms with E-state index >= 15 is 0 Å². The molecule has 9 nitrogen and oxygen atoms in total. The molecule has 0 unspecified atom stereocenters. The van der Waals surface area contributed by atoms with Crippen molar-refractivity contribution in [2.75, 3.05) is 43.1 Å². The molecule has 2 aromatic carbocycles. The summed E-state index contributed by atoms with van der Waals surface area (Å²) < 4.78 is 12.3. The van der Waals surface area contributed by atoms with E-state index in [9.17, 15) is 4.79 Å². The zero-order chi connectivity index (χ0) is 25.5. The molecule has 1 aliphatic heterocycles. The minimum Gasteiger partial charge on any atom is -0.460 e. The molecule has 1 N–H and O–H groups in total. The van der Waals surface area contributed by atoms with Crippen molar-refractivity contribution in [1.29, 1.82) is 0 Å². The van der Waals surface area contributed by atoms with Gasteiger partial charge in [0.05, 0.1) is 19.8 Å². The normalized spacial score (nSPS) is 13.4. The van der Waals surface area contributed by atoms with Crippen LogP contribution in [-0.2, 0) is 16.0 Å². The third-order valence-corrected chi connectivity index (χ3v) is 6.75. The van der Waals surface area contributed by atoms with Gasteiger partial charge in [-0.15, -0.1) is 0 Å². The van der Waals surface area contributed by atoms with Crippen LogP contribution in [0.3, 0.4) is 0 Å². The number of benzene rings is 2. The van der Waals surface area contributed by atoms with E-state index in [1.54, 1.807) is 41.8 Å². The van der Waals surface area contributed by atoms with E-state index in [-0.39, 0.29) is 0 Å². The molecule has 2 aromatic heterocycles. The van der Waals surface area contributed by atoms with Gasteiger partial charge in [-0.25, -0.2) is 19.7 Å². The van der Waals surface area contributed by atoms with Crippen molar-refractivity contribution < 1.29 is 14.3 Å². The molecule has 1 saturated heterocycles. The Kier molecular flexibility index (Phi) is 7.97. The van der Waals surface area contributed by atoms with Crippen molar-refractivity contribution in [2.24, 2.45) is 0 Å². The number of esters is 1. The van der Waals surface area contributed by atoms with Gasteiger partial charge < -0.3 is 24.3 Å². The molecular formula is C27H28N6O3S. The lowest BCUT2D eigenvalue weighted by Gasteiger charge is -2.28. The molecule has 3 heterocycles. The zero-order valence-corrected chi connectivity index (χ0v) is 21.4. The molecule has 0 atom stereocenters. The van der Waals surface area contributed by atoms with Crippen LogP contribution in [0.1, 0.15) is 23.1 Å². The minimum atomic E-state index is -0.416. The van der Waals surface area contributed by atoms with Crippen molar-refractivity contribution >= 4 is 35.1 Å². The number of rotatable bonds is 9. The quantitative estimate of drug-likeness (QED) is 0.252. The van der Waals surface area contributed by atoms with Crippen LogP contribution >= 0.6 is 11.8 Å². The molecule has 1 fully saturated rings. The van der Waals surface area contributed by atoms with E-state index in [2.05, 4.69) is 37.3 Å². The lowest BCUT2D eigenvalue weighted by molar-refractivity contribution is 0.0507. The van der Waals surface area contributed by atoms with Gasteiger partial charge in [-0.3, -0.25) is 0 Å². The number of hydrogen-bond donors (Lipinski definition) is 1. The van der Waals surface area contributed by atoms with E-state index in [1.165, 1.54) is 5.69 Å². The summed E-state index contributed by atoms with van der Waals surface area (Å²) in [6.45, 7) is 5.99. The molecule has 4 aromatic rings. The van der Waals surface area contributed by atoms with E-state index in [0.29, 0.717) is 24.9 Å². The summed E-state index contributed by atoms with van der Waals surface area (Å²) in [5, 5.41) is 4.13. The molecule has 37 heavy (non-hydrogen) atoms. The summed E-state index contributed by atoms with van der Waals surface area (Å²) in [6.07, 6.45) is 5.14. The number of morpholine rings is 1. The summed E-state index contributed by atoms with van der Waals surface area (Å²) in [6, 6.07) is 18.3. The lowest BCUT2D eigenvalue weighted by atomic mass is 10.2. The summed E-state index contributed by atoms with van der Waals surface area (Å²) in [7, 11) is 0. The van der Waals surface area contributed by atoms with Gasteiger partial charge in [0.25, 0.3) is 0 Å².